The predicted molar refractivity (Wildman–Crippen MR) is 148 cm³/mol. The zero-order chi connectivity index (χ0) is 29.8. The molecule has 1 fully saturated rings. The molecule has 40 heavy (non-hydrogen) atoms. The van der Waals surface area contributed by atoms with Gasteiger partial charge in [0.25, 0.3) is 0 Å². The third-order valence-corrected chi connectivity index (χ3v) is 5.74. The molecule has 1 aromatic carbocycles. The van der Waals surface area contributed by atoms with Crippen LogP contribution in [-0.4, -0.2) is 90.5 Å². The molecule has 0 radical (unpaired) electrons. The number of rotatable bonds is 11. The van der Waals surface area contributed by atoms with Crippen LogP contribution in [0, 0.1) is 0 Å². The van der Waals surface area contributed by atoms with E-state index in [1.165, 1.54) is 0 Å². The van der Waals surface area contributed by atoms with Gasteiger partial charge in [-0.2, -0.15) is 0 Å². The molecule has 0 saturated carbocycles. The molecular formula is C29H45N3O8. The Morgan fingerprint density at radius 2 is 1.50 bits per heavy atom. The molecule has 1 atom stereocenters. The highest BCUT2D eigenvalue weighted by molar-refractivity contribution is 5.82. The second kappa shape index (κ2) is 15.4. The zero-order valence-corrected chi connectivity index (χ0v) is 24.7. The Kier molecular flexibility index (Phi) is 12.7. The highest BCUT2D eigenvalue weighted by Gasteiger charge is 2.29. The fourth-order valence-electron chi connectivity index (χ4n) is 3.84. The van der Waals surface area contributed by atoms with Crippen LogP contribution < -0.4 is 5.32 Å². The van der Waals surface area contributed by atoms with Crippen molar-refractivity contribution < 1.29 is 38.1 Å². The molecule has 0 spiro atoms. The van der Waals surface area contributed by atoms with E-state index in [1.54, 1.807) is 46.4 Å². The maximum Gasteiger partial charge on any atom is 0.410 e. The summed E-state index contributed by atoms with van der Waals surface area (Å²) in [5.74, 6) is -1.11. The van der Waals surface area contributed by atoms with Crippen molar-refractivity contribution in [2.45, 2.75) is 84.7 Å². The Morgan fingerprint density at radius 3 is 2.10 bits per heavy atom. The standard InChI is InChI=1S/C29H45N3O8/c1-28(2,3)39-25(34)23(30-26(35)40-29(4,5)6)13-14-24(33)37-20-10-15-31-16-18-32(19-17-31)27(36)38-21-22-11-8-7-9-12-22/h7-9,11-12,23H,10,13-21H2,1-6H3,(H,30,35)/t23-/m0/s1. The van der Waals surface area contributed by atoms with E-state index in [9.17, 15) is 19.2 Å². The quantitative estimate of drug-likeness (QED) is 0.243. The molecule has 1 aromatic rings. The number of carbonyl (C=O) groups is 4. The Labute approximate surface area is 237 Å². The van der Waals surface area contributed by atoms with Crippen LogP contribution in [0.1, 0.15) is 66.4 Å². The Bertz CT molecular complexity index is 964. The summed E-state index contributed by atoms with van der Waals surface area (Å²) in [4.78, 5) is 53.3. The molecule has 1 aliphatic rings. The summed E-state index contributed by atoms with van der Waals surface area (Å²) in [6, 6.07) is 8.52. The number of nitrogens with one attached hydrogen (secondary N) is 1. The maximum atomic E-state index is 12.6. The summed E-state index contributed by atoms with van der Waals surface area (Å²) in [6.45, 7) is 14.1. The number of ether oxygens (including phenoxy) is 4. The number of amides is 2. The predicted octanol–water partition coefficient (Wildman–Crippen LogP) is 3.89. The fourth-order valence-corrected chi connectivity index (χ4v) is 3.84. The third-order valence-electron chi connectivity index (χ3n) is 5.74. The van der Waals surface area contributed by atoms with Gasteiger partial charge in [-0.1, -0.05) is 30.3 Å². The average Bonchev–Trinajstić information content (AvgIpc) is 2.86. The van der Waals surface area contributed by atoms with Crippen LogP contribution in [0.25, 0.3) is 0 Å². The van der Waals surface area contributed by atoms with E-state index >= 15 is 0 Å². The summed E-state index contributed by atoms with van der Waals surface area (Å²) in [5.41, 5.74) is -0.539. The van der Waals surface area contributed by atoms with Gasteiger partial charge in [-0.25, -0.2) is 14.4 Å². The number of carbonyl (C=O) groups excluding carboxylic acids is 4. The first-order valence-electron chi connectivity index (χ1n) is 13.8. The normalized spacial score (nSPS) is 15.1. The van der Waals surface area contributed by atoms with Crippen molar-refractivity contribution in [3.8, 4) is 0 Å². The maximum absolute atomic E-state index is 12.6. The summed E-state index contributed by atoms with van der Waals surface area (Å²) in [5, 5.41) is 2.50. The van der Waals surface area contributed by atoms with Gasteiger partial charge in [-0.05, 0) is 59.9 Å². The lowest BCUT2D eigenvalue weighted by Crippen LogP contribution is -2.49. The van der Waals surface area contributed by atoms with Crippen LogP contribution in [0.3, 0.4) is 0 Å². The first kappa shape index (κ1) is 32.9. The molecular weight excluding hydrogens is 518 g/mol. The van der Waals surface area contributed by atoms with Gasteiger partial charge in [0.1, 0.15) is 23.9 Å². The molecule has 0 aliphatic carbocycles. The van der Waals surface area contributed by atoms with Gasteiger partial charge >= 0.3 is 24.1 Å². The van der Waals surface area contributed by atoms with Crippen molar-refractivity contribution in [1.29, 1.82) is 0 Å². The minimum absolute atomic E-state index is 0.0231. The fraction of sp³-hybridized carbons (Fsp3) is 0.655. The van der Waals surface area contributed by atoms with E-state index in [0.717, 1.165) is 12.1 Å². The van der Waals surface area contributed by atoms with E-state index in [-0.39, 0.29) is 32.1 Å². The number of esters is 2. The lowest BCUT2D eigenvalue weighted by Gasteiger charge is -2.34. The lowest BCUT2D eigenvalue weighted by atomic mass is 10.1. The summed E-state index contributed by atoms with van der Waals surface area (Å²) in [6.07, 6.45) is -0.487. The first-order valence-corrected chi connectivity index (χ1v) is 13.8. The number of hydrogen-bond donors (Lipinski definition) is 1. The van der Waals surface area contributed by atoms with Crippen LogP contribution in [0.15, 0.2) is 30.3 Å². The van der Waals surface area contributed by atoms with E-state index in [2.05, 4.69) is 10.2 Å². The van der Waals surface area contributed by atoms with Crippen molar-refractivity contribution in [1.82, 2.24) is 15.1 Å². The molecule has 11 heteroatoms. The first-order chi connectivity index (χ1) is 18.7. The van der Waals surface area contributed by atoms with Gasteiger partial charge in [0.15, 0.2) is 0 Å². The number of alkyl carbamates (subject to hydrolysis) is 1. The van der Waals surface area contributed by atoms with Crippen LogP contribution in [0.2, 0.25) is 0 Å². The van der Waals surface area contributed by atoms with E-state index in [0.29, 0.717) is 32.6 Å². The number of nitrogens with zero attached hydrogens (tertiary/aromatic N) is 2. The van der Waals surface area contributed by atoms with Crippen molar-refractivity contribution in [2.75, 3.05) is 39.3 Å². The number of benzene rings is 1. The molecule has 1 saturated heterocycles. The van der Waals surface area contributed by atoms with Gasteiger partial charge in [0, 0.05) is 39.1 Å². The van der Waals surface area contributed by atoms with Crippen molar-refractivity contribution in [3.05, 3.63) is 35.9 Å². The zero-order valence-electron chi connectivity index (χ0n) is 24.7. The SMILES string of the molecule is CC(C)(C)OC(=O)N[C@@H](CCC(=O)OCCCN1CCN(C(=O)OCc2ccccc2)CC1)C(=O)OC(C)(C)C. The summed E-state index contributed by atoms with van der Waals surface area (Å²) in [7, 11) is 0. The molecule has 11 nitrogen and oxygen atoms in total. The molecule has 1 N–H and O–H groups in total. The molecule has 0 aromatic heterocycles. The van der Waals surface area contributed by atoms with Gasteiger partial charge in [0.05, 0.1) is 6.61 Å². The number of hydrogen-bond acceptors (Lipinski definition) is 9. The Hall–Kier alpha value is -3.34. The average molecular weight is 564 g/mol. The Balaban J connectivity index is 1.66. The third kappa shape index (κ3) is 13.6. The van der Waals surface area contributed by atoms with Crippen LogP contribution in [0.5, 0.6) is 0 Å². The molecule has 2 rings (SSSR count). The highest BCUT2D eigenvalue weighted by atomic mass is 16.6. The minimum Gasteiger partial charge on any atom is -0.466 e. The van der Waals surface area contributed by atoms with Crippen LogP contribution in [0.4, 0.5) is 9.59 Å². The number of piperazine rings is 1. The second-order valence-electron chi connectivity index (χ2n) is 11.7. The molecule has 1 aliphatic heterocycles. The molecule has 2 amide bonds. The van der Waals surface area contributed by atoms with Crippen molar-refractivity contribution in [3.63, 3.8) is 0 Å². The van der Waals surface area contributed by atoms with Gasteiger partial charge in [0.2, 0.25) is 0 Å². The largest absolute Gasteiger partial charge is 0.466 e. The minimum atomic E-state index is -1.04. The van der Waals surface area contributed by atoms with Gasteiger partial charge in [-0.15, -0.1) is 0 Å². The highest BCUT2D eigenvalue weighted by Crippen LogP contribution is 2.13. The lowest BCUT2D eigenvalue weighted by molar-refractivity contribution is -0.158. The molecule has 1 heterocycles. The molecule has 224 valence electrons. The summed E-state index contributed by atoms with van der Waals surface area (Å²) >= 11 is 0. The second-order valence-corrected chi connectivity index (χ2v) is 11.7. The Morgan fingerprint density at radius 1 is 0.875 bits per heavy atom. The molecule has 0 bridgehead atoms. The summed E-state index contributed by atoms with van der Waals surface area (Å²) < 4.78 is 21.4. The van der Waals surface area contributed by atoms with Crippen LogP contribution in [-0.2, 0) is 35.1 Å². The van der Waals surface area contributed by atoms with Crippen LogP contribution >= 0.6 is 0 Å². The van der Waals surface area contributed by atoms with E-state index in [1.807, 2.05) is 30.3 Å². The van der Waals surface area contributed by atoms with Gasteiger partial charge in [-0.3, -0.25) is 9.69 Å². The smallest absolute Gasteiger partial charge is 0.410 e. The van der Waals surface area contributed by atoms with Gasteiger partial charge < -0.3 is 29.2 Å². The topological polar surface area (TPSA) is 124 Å². The van der Waals surface area contributed by atoms with Crippen molar-refractivity contribution >= 4 is 24.1 Å². The van der Waals surface area contributed by atoms with E-state index < -0.39 is 35.3 Å². The van der Waals surface area contributed by atoms with Crippen molar-refractivity contribution in [2.24, 2.45) is 0 Å². The molecule has 0 unspecified atom stereocenters. The monoisotopic (exact) mass is 563 g/mol. The van der Waals surface area contributed by atoms with E-state index in [4.69, 9.17) is 18.9 Å².